The summed E-state index contributed by atoms with van der Waals surface area (Å²) in [4.78, 5) is 7.58. The van der Waals surface area contributed by atoms with Gasteiger partial charge in [0, 0.05) is 16.8 Å². The van der Waals surface area contributed by atoms with Crippen molar-refractivity contribution >= 4 is 17.0 Å². The van der Waals surface area contributed by atoms with Crippen molar-refractivity contribution in [1.29, 1.82) is 0 Å². The zero-order valence-electron chi connectivity index (χ0n) is 6.54. The summed E-state index contributed by atoms with van der Waals surface area (Å²) in [6.07, 6.45) is 4.13. The largest absolute Gasteiger partial charge is 0.361 e. The maximum Gasteiger partial charge on any atom is 0.0669 e. The van der Waals surface area contributed by atoms with Crippen LogP contribution < -0.4 is 10.6 Å². The lowest BCUT2D eigenvalue weighted by Crippen LogP contribution is -2.21. The predicted molar refractivity (Wildman–Crippen MR) is 48.4 cm³/mol. The summed E-state index contributed by atoms with van der Waals surface area (Å²) in [6, 6.07) is 6.27. The summed E-state index contributed by atoms with van der Waals surface area (Å²) in [5.41, 5.74) is 1.22. The second-order valence-corrected chi connectivity index (χ2v) is 2.99. The highest BCUT2D eigenvalue weighted by molar-refractivity contribution is 5.80. The fourth-order valence-corrected chi connectivity index (χ4v) is 1.72. The average molecular weight is 156 g/mol. The van der Waals surface area contributed by atoms with Crippen molar-refractivity contribution in [2.24, 2.45) is 4.99 Å². The summed E-state index contributed by atoms with van der Waals surface area (Å²) >= 11 is 0. The molecule has 0 aliphatic carbocycles. The summed E-state index contributed by atoms with van der Waals surface area (Å²) < 4.78 is 0. The van der Waals surface area contributed by atoms with Gasteiger partial charge in [0.05, 0.1) is 17.4 Å². The van der Waals surface area contributed by atoms with Gasteiger partial charge in [0.2, 0.25) is 0 Å². The van der Waals surface area contributed by atoms with E-state index < -0.39 is 0 Å². The highest BCUT2D eigenvalue weighted by Gasteiger charge is 2.00. The van der Waals surface area contributed by atoms with Crippen molar-refractivity contribution < 1.29 is 0 Å². The second-order valence-electron chi connectivity index (χ2n) is 2.99. The Balaban J connectivity index is 2.73. The molecule has 0 atom stereocenters. The van der Waals surface area contributed by atoms with Gasteiger partial charge in [0.25, 0.3) is 0 Å². The maximum atomic E-state index is 4.35. The van der Waals surface area contributed by atoms with Crippen LogP contribution in [0.5, 0.6) is 0 Å². The number of nitrogens with one attached hydrogen (secondary N) is 1. The Labute approximate surface area is 69.3 Å². The van der Waals surface area contributed by atoms with Crippen LogP contribution in [-0.4, -0.2) is 11.5 Å². The number of H-pyrrole nitrogens is 1. The van der Waals surface area contributed by atoms with Gasteiger partial charge in [-0.05, 0) is 12.1 Å². The molecule has 0 radical (unpaired) electrons. The molecule has 2 heterocycles. The normalized spacial score (nSPS) is 14.0. The first-order valence-corrected chi connectivity index (χ1v) is 4.06. The van der Waals surface area contributed by atoms with Gasteiger partial charge in [0.15, 0.2) is 0 Å². The topological polar surface area (TPSA) is 28.1 Å². The first-order valence-electron chi connectivity index (χ1n) is 4.06. The van der Waals surface area contributed by atoms with Crippen LogP contribution in [0.25, 0.3) is 17.0 Å². The molecular formula is C10H8N2. The number of aromatic amines is 1. The maximum absolute atomic E-state index is 4.35. The van der Waals surface area contributed by atoms with E-state index in [1.165, 1.54) is 16.1 Å². The number of fused-ring (bicyclic) bond motifs is 3. The molecule has 0 amide bonds. The molecule has 12 heavy (non-hydrogen) atoms. The molecule has 1 aliphatic rings. The van der Waals surface area contributed by atoms with Crippen LogP contribution >= 0.6 is 0 Å². The fourth-order valence-electron chi connectivity index (χ4n) is 1.72. The molecule has 58 valence electrons. The third-order valence-corrected chi connectivity index (χ3v) is 2.30. The van der Waals surface area contributed by atoms with Gasteiger partial charge in [-0.15, -0.1) is 0 Å². The molecule has 2 aromatic rings. The molecule has 1 aliphatic heterocycles. The van der Waals surface area contributed by atoms with Crippen LogP contribution in [-0.2, 0) is 0 Å². The van der Waals surface area contributed by atoms with Gasteiger partial charge in [-0.25, -0.2) is 0 Å². The Bertz CT molecular complexity index is 549. The Morgan fingerprint density at radius 1 is 1.25 bits per heavy atom. The average Bonchev–Trinajstić information content (AvgIpc) is 2.71. The smallest absolute Gasteiger partial charge is 0.0669 e. The van der Waals surface area contributed by atoms with E-state index in [-0.39, 0.29) is 0 Å². The van der Waals surface area contributed by atoms with Gasteiger partial charge in [-0.1, -0.05) is 12.1 Å². The molecule has 2 heteroatoms. The number of hydrogen-bond donors (Lipinski definition) is 1. The number of aromatic nitrogens is 1. The summed E-state index contributed by atoms with van der Waals surface area (Å²) in [6.45, 7) is 0.827. The van der Waals surface area contributed by atoms with Gasteiger partial charge in [-0.3, -0.25) is 4.99 Å². The summed E-state index contributed by atoms with van der Waals surface area (Å²) in [5.74, 6) is 0. The zero-order chi connectivity index (χ0) is 7.97. The van der Waals surface area contributed by atoms with Gasteiger partial charge >= 0.3 is 0 Å². The van der Waals surface area contributed by atoms with Crippen LogP contribution in [0.3, 0.4) is 0 Å². The molecular weight excluding hydrogens is 148 g/mol. The Hall–Kier alpha value is -1.57. The molecule has 1 N–H and O–H groups in total. The molecule has 0 unspecified atom stereocenters. The lowest BCUT2D eigenvalue weighted by Gasteiger charge is -1.88. The minimum Gasteiger partial charge on any atom is -0.361 e. The van der Waals surface area contributed by atoms with E-state index in [4.69, 9.17) is 0 Å². The Morgan fingerprint density at radius 2 is 2.25 bits per heavy atom. The third-order valence-electron chi connectivity index (χ3n) is 2.30. The fraction of sp³-hybridized carbons (Fsp3) is 0.100. The number of benzene rings is 1. The first-order chi connectivity index (χ1) is 5.95. The first kappa shape index (κ1) is 6.00. The van der Waals surface area contributed by atoms with Crippen molar-refractivity contribution in [3.63, 3.8) is 0 Å². The summed E-state index contributed by atoms with van der Waals surface area (Å²) in [5, 5.41) is 3.64. The van der Waals surface area contributed by atoms with Crippen LogP contribution in [0.15, 0.2) is 29.4 Å². The molecule has 1 aromatic heterocycles. The predicted octanol–water partition coefficient (Wildman–Crippen LogP) is 0.582. The van der Waals surface area contributed by atoms with Crippen LogP contribution in [0.2, 0.25) is 0 Å². The monoisotopic (exact) mass is 156 g/mol. The molecule has 2 nitrogen and oxygen atoms in total. The van der Waals surface area contributed by atoms with E-state index in [0.29, 0.717) is 0 Å². The third kappa shape index (κ3) is 0.619. The lowest BCUT2D eigenvalue weighted by molar-refractivity contribution is 1.23. The molecule has 3 rings (SSSR count). The van der Waals surface area contributed by atoms with E-state index in [0.717, 1.165) is 11.9 Å². The Morgan fingerprint density at radius 3 is 3.25 bits per heavy atom. The minimum absolute atomic E-state index is 0.827. The minimum atomic E-state index is 0.827. The van der Waals surface area contributed by atoms with Gasteiger partial charge < -0.3 is 4.98 Å². The zero-order valence-corrected chi connectivity index (χ0v) is 6.54. The molecule has 0 saturated carbocycles. The van der Waals surface area contributed by atoms with Crippen LogP contribution in [0.4, 0.5) is 0 Å². The van der Waals surface area contributed by atoms with Crippen molar-refractivity contribution in [2.75, 3.05) is 6.54 Å². The van der Waals surface area contributed by atoms with Crippen LogP contribution in [0.1, 0.15) is 0 Å². The molecule has 0 fully saturated rings. The van der Waals surface area contributed by atoms with Gasteiger partial charge in [-0.2, -0.15) is 0 Å². The number of hydrogen-bond acceptors (Lipinski definition) is 1. The van der Waals surface area contributed by atoms with Crippen molar-refractivity contribution in [1.82, 2.24) is 4.98 Å². The number of rotatable bonds is 0. The van der Waals surface area contributed by atoms with E-state index in [2.05, 4.69) is 34.3 Å². The SMILES string of the molecule is C1=c2c(ccc3cc[nH]c23)=NC1. The van der Waals surface area contributed by atoms with Crippen LogP contribution in [0, 0.1) is 0 Å². The standard InChI is InChI=1S/C10H8N2/c1-2-9-8(4-6-11-9)10-7(1)3-5-12-10/h1-5,12H,6H2. The van der Waals surface area contributed by atoms with E-state index in [1.807, 2.05) is 6.20 Å². The molecule has 1 aromatic carbocycles. The van der Waals surface area contributed by atoms with E-state index in [1.54, 1.807) is 0 Å². The van der Waals surface area contributed by atoms with Crippen molar-refractivity contribution in [3.8, 4) is 0 Å². The molecule has 0 bridgehead atoms. The second kappa shape index (κ2) is 1.97. The van der Waals surface area contributed by atoms with E-state index in [9.17, 15) is 0 Å². The summed E-state index contributed by atoms with van der Waals surface area (Å²) in [7, 11) is 0. The lowest BCUT2D eigenvalue weighted by atomic mass is 10.2. The van der Waals surface area contributed by atoms with Gasteiger partial charge in [0.1, 0.15) is 0 Å². The highest BCUT2D eigenvalue weighted by Crippen LogP contribution is 2.04. The quantitative estimate of drug-likeness (QED) is 0.578. The highest BCUT2D eigenvalue weighted by atomic mass is 14.7. The molecule has 0 saturated heterocycles. The van der Waals surface area contributed by atoms with Crippen molar-refractivity contribution in [2.45, 2.75) is 0 Å². The van der Waals surface area contributed by atoms with E-state index >= 15 is 0 Å². The Kier molecular flexibility index (Phi) is 0.987. The number of nitrogens with zero attached hydrogens (tertiary/aromatic N) is 1. The van der Waals surface area contributed by atoms with Crippen molar-refractivity contribution in [3.05, 3.63) is 35.0 Å². The molecule has 0 spiro atoms.